The van der Waals surface area contributed by atoms with Gasteiger partial charge in [0.05, 0.1) is 13.2 Å². The molecular weight excluding hydrogens is 237 g/mol. The monoisotopic (exact) mass is 255 g/mol. The number of ether oxygens (including phenoxy) is 2. The Bertz CT molecular complexity index is 371. The minimum absolute atomic E-state index is 0.0517. The van der Waals surface area contributed by atoms with E-state index in [1.807, 2.05) is 0 Å². The molecule has 18 heavy (non-hydrogen) atoms. The highest BCUT2D eigenvalue weighted by Gasteiger charge is 2.03. The van der Waals surface area contributed by atoms with Crippen molar-refractivity contribution in [2.45, 2.75) is 12.8 Å². The number of carbonyl (C=O) groups is 1. The van der Waals surface area contributed by atoms with Crippen LogP contribution in [0.1, 0.15) is 12.8 Å². The van der Waals surface area contributed by atoms with E-state index in [4.69, 9.17) is 9.47 Å². The fourth-order valence-corrected chi connectivity index (χ4v) is 1.36. The Morgan fingerprint density at radius 2 is 2.11 bits per heavy atom. The van der Waals surface area contributed by atoms with Gasteiger partial charge in [0.25, 0.3) is 0 Å². The van der Waals surface area contributed by atoms with Crippen molar-refractivity contribution in [2.75, 3.05) is 26.9 Å². The first-order chi connectivity index (χ1) is 8.74. The lowest BCUT2D eigenvalue weighted by Crippen LogP contribution is -2.27. The van der Waals surface area contributed by atoms with E-state index in [2.05, 4.69) is 5.32 Å². The molecule has 4 nitrogen and oxygen atoms in total. The van der Waals surface area contributed by atoms with Gasteiger partial charge >= 0.3 is 0 Å². The molecule has 100 valence electrons. The predicted octanol–water partition coefficient (Wildman–Crippen LogP) is 1.75. The van der Waals surface area contributed by atoms with Crippen LogP contribution in [-0.4, -0.2) is 32.8 Å². The zero-order valence-electron chi connectivity index (χ0n) is 10.4. The van der Waals surface area contributed by atoms with Gasteiger partial charge in [-0.3, -0.25) is 4.79 Å². The molecule has 1 aromatic rings. The molecule has 1 rings (SSSR count). The molecule has 0 spiro atoms. The first-order valence-corrected chi connectivity index (χ1v) is 5.87. The highest BCUT2D eigenvalue weighted by Crippen LogP contribution is 2.15. The zero-order valence-corrected chi connectivity index (χ0v) is 10.4. The number of hydrogen-bond donors (Lipinski definition) is 1. The Balaban J connectivity index is 2.12. The number of carbonyl (C=O) groups excluding carboxylic acids is 1. The van der Waals surface area contributed by atoms with Crippen LogP contribution in [0.3, 0.4) is 0 Å². The van der Waals surface area contributed by atoms with Gasteiger partial charge in [0.15, 0.2) is 11.6 Å². The quantitative estimate of drug-likeness (QED) is 0.720. The van der Waals surface area contributed by atoms with E-state index in [0.29, 0.717) is 32.6 Å². The molecule has 0 unspecified atom stereocenters. The van der Waals surface area contributed by atoms with Crippen LogP contribution in [0.15, 0.2) is 24.3 Å². The van der Waals surface area contributed by atoms with Gasteiger partial charge in [-0.1, -0.05) is 12.1 Å². The third kappa shape index (κ3) is 5.63. The van der Waals surface area contributed by atoms with Crippen molar-refractivity contribution in [3.63, 3.8) is 0 Å². The van der Waals surface area contributed by atoms with Gasteiger partial charge in [0, 0.05) is 20.1 Å². The number of benzene rings is 1. The smallest absolute Gasteiger partial charge is 0.220 e. The zero-order chi connectivity index (χ0) is 13.2. The maximum atomic E-state index is 13.2. The topological polar surface area (TPSA) is 47.6 Å². The summed E-state index contributed by atoms with van der Waals surface area (Å²) in [5.74, 6) is -0.219. The number of halogens is 1. The molecule has 0 atom stereocenters. The maximum Gasteiger partial charge on any atom is 0.220 e. The van der Waals surface area contributed by atoms with E-state index < -0.39 is 0 Å². The lowest BCUT2D eigenvalue weighted by Gasteiger charge is -2.07. The average molecular weight is 255 g/mol. The van der Waals surface area contributed by atoms with E-state index in [-0.39, 0.29) is 17.5 Å². The molecule has 0 aliphatic heterocycles. The Labute approximate surface area is 106 Å². The number of rotatable bonds is 8. The minimum Gasteiger partial charge on any atom is -0.491 e. The van der Waals surface area contributed by atoms with E-state index in [0.717, 1.165) is 0 Å². The molecule has 0 heterocycles. The molecular formula is C13H18FNO3. The predicted molar refractivity (Wildman–Crippen MR) is 66.0 cm³/mol. The number of nitrogens with one attached hydrogen (secondary N) is 1. The fraction of sp³-hybridized carbons (Fsp3) is 0.462. The minimum atomic E-state index is -0.387. The summed E-state index contributed by atoms with van der Waals surface area (Å²) in [5.41, 5.74) is 0. The highest BCUT2D eigenvalue weighted by atomic mass is 19.1. The molecule has 0 radical (unpaired) electrons. The van der Waals surface area contributed by atoms with Crippen molar-refractivity contribution in [1.29, 1.82) is 0 Å². The SMILES string of the molecule is COCCNC(=O)CCCOc1ccccc1F. The summed E-state index contributed by atoms with van der Waals surface area (Å²) in [4.78, 5) is 11.3. The number of hydrogen-bond acceptors (Lipinski definition) is 3. The summed E-state index contributed by atoms with van der Waals surface area (Å²) in [5, 5.41) is 2.70. The highest BCUT2D eigenvalue weighted by molar-refractivity contribution is 5.75. The van der Waals surface area contributed by atoms with E-state index in [1.165, 1.54) is 6.07 Å². The maximum absolute atomic E-state index is 13.2. The van der Waals surface area contributed by atoms with Crippen LogP contribution >= 0.6 is 0 Å². The molecule has 1 aromatic carbocycles. The summed E-state index contributed by atoms with van der Waals surface area (Å²) < 4.78 is 23.2. The molecule has 0 aliphatic rings. The summed E-state index contributed by atoms with van der Waals surface area (Å²) in [6, 6.07) is 6.21. The molecule has 0 aliphatic carbocycles. The number of methoxy groups -OCH3 is 1. The van der Waals surface area contributed by atoms with Crippen LogP contribution in [0.2, 0.25) is 0 Å². The van der Waals surface area contributed by atoms with Gasteiger partial charge in [-0.2, -0.15) is 0 Å². The Hall–Kier alpha value is -1.62. The third-order valence-electron chi connectivity index (χ3n) is 2.27. The second-order valence-corrected chi connectivity index (χ2v) is 3.73. The molecule has 0 aromatic heterocycles. The van der Waals surface area contributed by atoms with Crippen LogP contribution in [-0.2, 0) is 9.53 Å². The van der Waals surface area contributed by atoms with Crippen molar-refractivity contribution in [1.82, 2.24) is 5.32 Å². The molecule has 0 fully saturated rings. The van der Waals surface area contributed by atoms with Gasteiger partial charge in [0.1, 0.15) is 0 Å². The first-order valence-electron chi connectivity index (χ1n) is 5.87. The molecule has 0 saturated carbocycles. The Morgan fingerprint density at radius 3 is 2.83 bits per heavy atom. The molecule has 1 amide bonds. The van der Waals surface area contributed by atoms with Gasteiger partial charge in [-0.25, -0.2) is 4.39 Å². The van der Waals surface area contributed by atoms with Gasteiger partial charge in [0.2, 0.25) is 5.91 Å². The van der Waals surface area contributed by atoms with Gasteiger partial charge < -0.3 is 14.8 Å². The van der Waals surface area contributed by atoms with Gasteiger partial charge in [-0.15, -0.1) is 0 Å². The molecule has 5 heteroatoms. The van der Waals surface area contributed by atoms with Crippen LogP contribution in [0.5, 0.6) is 5.75 Å². The standard InChI is InChI=1S/C13H18FNO3/c1-17-10-8-15-13(16)7-4-9-18-12-6-3-2-5-11(12)14/h2-3,5-6H,4,7-10H2,1H3,(H,15,16). The van der Waals surface area contributed by atoms with Crippen molar-refractivity contribution in [3.05, 3.63) is 30.1 Å². The summed E-state index contributed by atoms with van der Waals surface area (Å²) in [6.07, 6.45) is 0.908. The van der Waals surface area contributed by atoms with Gasteiger partial charge in [-0.05, 0) is 18.6 Å². The van der Waals surface area contributed by atoms with Crippen LogP contribution in [0, 0.1) is 5.82 Å². The number of para-hydroxylation sites is 1. The van der Waals surface area contributed by atoms with Crippen molar-refractivity contribution in [2.24, 2.45) is 0 Å². The Morgan fingerprint density at radius 1 is 1.33 bits per heavy atom. The summed E-state index contributed by atoms with van der Waals surface area (Å²) in [6.45, 7) is 1.32. The second-order valence-electron chi connectivity index (χ2n) is 3.73. The van der Waals surface area contributed by atoms with Crippen LogP contribution in [0.4, 0.5) is 4.39 Å². The van der Waals surface area contributed by atoms with E-state index >= 15 is 0 Å². The molecule has 0 bridgehead atoms. The van der Waals surface area contributed by atoms with Crippen molar-refractivity contribution in [3.8, 4) is 5.75 Å². The van der Waals surface area contributed by atoms with Crippen LogP contribution < -0.4 is 10.1 Å². The van der Waals surface area contributed by atoms with E-state index in [1.54, 1.807) is 25.3 Å². The van der Waals surface area contributed by atoms with Crippen molar-refractivity contribution >= 4 is 5.91 Å². The normalized spacial score (nSPS) is 10.1. The van der Waals surface area contributed by atoms with Crippen molar-refractivity contribution < 1.29 is 18.7 Å². The van der Waals surface area contributed by atoms with Crippen LogP contribution in [0.25, 0.3) is 0 Å². The third-order valence-corrected chi connectivity index (χ3v) is 2.27. The first kappa shape index (κ1) is 14.4. The Kier molecular flexibility index (Phi) is 6.79. The largest absolute Gasteiger partial charge is 0.491 e. The fourth-order valence-electron chi connectivity index (χ4n) is 1.36. The summed E-state index contributed by atoms with van der Waals surface area (Å²) >= 11 is 0. The molecule has 0 saturated heterocycles. The lowest BCUT2D eigenvalue weighted by atomic mass is 10.3. The number of amides is 1. The average Bonchev–Trinajstić information content (AvgIpc) is 2.37. The lowest BCUT2D eigenvalue weighted by molar-refractivity contribution is -0.121. The second kappa shape index (κ2) is 8.47. The summed E-state index contributed by atoms with van der Waals surface area (Å²) in [7, 11) is 1.58. The molecule has 1 N–H and O–H groups in total. The van der Waals surface area contributed by atoms with E-state index in [9.17, 15) is 9.18 Å².